The van der Waals surface area contributed by atoms with Crippen LogP contribution >= 0.6 is 0 Å². The van der Waals surface area contributed by atoms with Crippen LogP contribution in [-0.2, 0) is 9.59 Å². The van der Waals surface area contributed by atoms with Gasteiger partial charge in [0.25, 0.3) is 0 Å². The second-order valence-corrected chi connectivity index (χ2v) is 9.38. The maximum Gasteiger partial charge on any atom is 0.195 e. The lowest BCUT2D eigenvalue weighted by Crippen LogP contribution is -2.62. The maximum absolute atomic E-state index is 8.89. The van der Waals surface area contributed by atoms with E-state index in [1.165, 1.54) is 43.6 Å². The van der Waals surface area contributed by atoms with E-state index in [9.17, 15) is 0 Å². The Labute approximate surface area is 193 Å². The molecule has 1 fully saturated rings. The Kier molecular flexibility index (Phi) is 16.2. The summed E-state index contributed by atoms with van der Waals surface area (Å²) in [6.45, 7) is 13.8. The van der Waals surface area contributed by atoms with Crippen molar-refractivity contribution in [2.24, 2.45) is 27.4 Å². The number of rotatable bonds is 7. The van der Waals surface area contributed by atoms with Crippen LogP contribution in [0.25, 0.3) is 0 Å². The van der Waals surface area contributed by atoms with E-state index < -0.39 is 11.9 Å². The van der Waals surface area contributed by atoms with E-state index in [0.29, 0.717) is 24.4 Å². The third kappa shape index (κ3) is 22.3. The Hall–Kier alpha value is -2.40. The average molecular weight is 460 g/mol. The predicted octanol–water partition coefficient (Wildman–Crippen LogP) is -2.31. The Balaban J connectivity index is 0. The molecule has 0 radical (unpaired) electrons. The van der Waals surface area contributed by atoms with E-state index in [1.807, 2.05) is 0 Å². The molecule has 32 heavy (non-hydrogen) atoms. The van der Waals surface area contributed by atoms with Crippen LogP contribution in [0.2, 0.25) is 0 Å². The lowest BCUT2D eigenvalue weighted by molar-refractivity contribution is -1.01. The molecule has 0 aliphatic carbocycles. The van der Waals surface area contributed by atoms with Gasteiger partial charge in [0, 0.05) is 25.0 Å². The number of piperazine rings is 1. The number of carbonyl (C=O) groups excluding carboxylic acids is 2. The van der Waals surface area contributed by atoms with Crippen molar-refractivity contribution in [2.45, 2.75) is 40.5 Å². The summed E-state index contributed by atoms with van der Waals surface area (Å²) in [5.74, 6) is -0.985. The molecule has 0 bridgehead atoms. The van der Waals surface area contributed by atoms with Gasteiger partial charge in [0.15, 0.2) is 11.9 Å². The number of aliphatic carboxylic acids is 2. The van der Waals surface area contributed by atoms with Crippen molar-refractivity contribution in [3.05, 3.63) is 0 Å². The van der Waals surface area contributed by atoms with Crippen molar-refractivity contribution >= 4 is 23.9 Å². The summed E-state index contributed by atoms with van der Waals surface area (Å²) in [4.78, 5) is 26.3. The normalized spacial score (nSPS) is 17.4. The van der Waals surface area contributed by atoms with Gasteiger partial charge in [-0.05, 0) is 32.6 Å². The molecular weight excluding hydrogens is 414 g/mol. The van der Waals surface area contributed by atoms with Gasteiger partial charge in [0.05, 0.1) is 27.7 Å². The summed E-state index contributed by atoms with van der Waals surface area (Å²) in [6.07, 6.45) is 2.23. The van der Waals surface area contributed by atoms with Crippen LogP contribution in [0, 0.1) is 5.92 Å². The first-order valence-corrected chi connectivity index (χ1v) is 11.0. The number of nitrogens with zero attached hydrogens (tertiary/aromatic N) is 4. The van der Waals surface area contributed by atoms with Crippen LogP contribution in [-0.4, -0.2) is 99.8 Å². The maximum atomic E-state index is 8.89. The summed E-state index contributed by atoms with van der Waals surface area (Å²) in [7, 11) is 7.03. The van der Waals surface area contributed by atoms with E-state index in [2.05, 4.69) is 50.3 Å². The second kappa shape index (κ2) is 16.3. The number of nitrogens with one attached hydrogen (secondary N) is 1. The highest BCUT2D eigenvalue weighted by Gasteiger charge is 2.33. The summed E-state index contributed by atoms with van der Waals surface area (Å²) in [6, 6.07) is 0. The summed E-state index contributed by atoms with van der Waals surface area (Å²) >= 11 is 0. The largest absolute Gasteiger partial charge is 0.550 e. The first-order chi connectivity index (χ1) is 14.6. The zero-order chi connectivity index (χ0) is 25.4. The number of carboxylic acids is 2. The van der Waals surface area contributed by atoms with E-state index in [0.717, 1.165) is 31.3 Å². The molecule has 1 saturated heterocycles. The molecule has 188 valence electrons. The van der Waals surface area contributed by atoms with Gasteiger partial charge in [0.2, 0.25) is 0 Å². The minimum atomic E-state index is -1.08. The number of carboxylic acid groups (broad SMARTS) is 2. The fourth-order valence-corrected chi connectivity index (χ4v) is 2.77. The van der Waals surface area contributed by atoms with Crippen LogP contribution in [0.1, 0.15) is 40.5 Å². The number of quaternary nitrogens is 2. The zero-order valence-corrected chi connectivity index (χ0v) is 21.0. The second-order valence-electron chi connectivity index (χ2n) is 9.38. The van der Waals surface area contributed by atoms with E-state index >= 15 is 0 Å². The number of hydrogen-bond donors (Lipinski definition) is 3. The molecule has 0 amide bonds. The van der Waals surface area contributed by atoms with Crippen molar-refractivity contribution in [3.8, 4) is 0 Å². The first-order valence-electron chi connectivity index (χ1n) is 11.0. The van der Waals surface area contributed by atoms with E-state index in [-0.39, 0.29) is 0 Å². The lowest BCUT2D eigenvalue weighted by atomic mass is 10.2. The third-order valence-electron chi connectivity index (χ3n) is 4.76. The molecule has 1 rings (SSSR count). The minimum absolute atomic E-state index is 0.345. The molecule has 0 saturated carbocycles. The fraction of sp³-hybridized carbons (Fsp3) is 0.810. The Bertz CT molecular complexity index is 589. The van der Waals surface area contributed by atoms with Gasteiger partial charge in [-0.15, -0.1) is 0 Å². The van der Waals surface area contributed by atoms with Gasteiger partial charge >= 0.3 is 0 Å². The number of hydrogen-bond acceptors (Lipinski definition) is 6. The summed E-state index contributed by atoms with van der Waals surface area (Å²) in [5, 5.41) is 20.6. The third-order valence-corrected chi connectivity index (χ3v) is 4.76. The quantitative estimate of drug-likeness (QED) is 0.166. The molecular formula is C21H45N7O4. The monoisotopic (exact) mass is 459 g/mol. The van der Waals surface area contributed by atoms with E-state index in [4.69, 9.17) is 31.3 Å². The van der Waals surface area contributed by atoms with Gasteiger partial charge in [-0.3, -0.25) is 15.3 Å². The smallest absolute Gasteiger partial charge is 0.195 e. The molecule has 5 N–H and O–H groups in total. The van der Waals surface area contributed by atoms with Crippen LogP contribution in [0.4, 0.5) is 0 Å². The van der Waals surface area contributed by atoms with Crippen molar-refractivity contribution < 1.29 is 28.8 Å². The highest BCUT2D eigenvalue weighted by atomic mass is 16.4. The molecule has 0 aromatic rings. The highest BCUT2D eigenvalue weighted by Crippen LogP contribution is 2.14. The van der Waals surface area contributed by atoms with Crippen molar-refractivity contribution in [3.63, 3.8) is 0 Å². The van der Waals surface area contributed by atoms with Crippen LogP contribution in [0.5, 0.6) is 0 Å². The molecule has 1 aliphatic rings. The van der Waals surface area contributed by atoms with Gasteiger partial charge in [-0.2, -0.15) is 0 Å². The Morgan fingerprint density at radius 3 is 1.78 bits per heavy atom. The van der Waals surface area contributed by atoms with Gasteiger partial charge < -0.3 is 40.2 Å². The minimum Gasteiger partial charge on any atom is -0.550 e. The number of nitrogens with two attached hydrogens (primary N) is 2. The van der Waals surface area contributed by atoms with Gasteiger partial charge in [0.1, 0.15) is 26.2 Å². The molecule has 0 spiro atoms. The number of likely N-dealkylation sites (N-methyl/N-ethyl adjacent to an activating group) is 2. The molecule has 11 nitrogen and oxygen atoms in total. The molecule has 1 heterocycles. The number of carbonyl (C=O) groups is 2. The van der Waals surface area contributed by atoms with E-state index in [1.54, 1.807) is 0 Å². The number of guanidine groups is 2. The van der Waals surface area contributed by atoms with Crippen molar-refractivity contribution in [1.82, 2.24) is 5.32 Å². The SMILES string of the molecule is CC(=O)[O-].CC(=O)[O-].CC(C)CN=C(N)NC(N)=NCCCC[N+]1(C)CC[N+](C)(C)CC1. The molecule has 11 heteroatoms. The van der Waals surface area contributed by atoms with Gasteiger partial charge in [-0.1, -0.05) is 13.8 Å². The summed E-state index contributed by atoms with van der Waals surface area (Å²) < 4.78 is 2.34. The molecule has 0 aromatic heterocycles. The first kappa shape index (κ1) is 31.8. The van der Waals surface area contributed by atoms with Crippen LogP contribution < -0.4 is 27.0 Å². The summed E-state index contributed by atoms with van der Waals surface area (Å²) in [5.41, 5.74) is 11.6. The Morgan fingerprint density at radius 1 is 0.906 bits per heavy atom. The van der Waals surface area contributed by atoms with Crippen molar-refractivity contribution in [1.29, 1.82) is 0 Å². The standard InChI is InChI=1S/C17H39N7.2C2H4O2/c1-15(2)14-21-17(19)22-16(18)20-8-6-7-9-24(5)12-10-23(3,4)11-13-24;2*1-2(3)4/h15H,6-14H2,1-5H3,(H5,18,19,20,21,22);2*1H3,(H,3,4)/q+2;;/p-2. The predicted molar refractivity (Wildman–Crippen MR) is 124 cm³/mol. The molecule has 0 atom stereocenters. The number of aliphatic imine (C=N–C) groups is 2. The molecule has 0 aromatic carbocycles. The fourth-order valence-electron chi connectivity index (χ4n) is 2.77. The average Bonchev–Trinajstić information content (AvgIpc) is 2.62. The van der Waals surface area contributed by atoms with Crippen LogP contribution in [0.3, 0.4) is 0 Å². The molecule has 1 aliphatic heterocycles. The topological polar surface area (TPSA) is 169 Å². The lowest BCUT2D eigenvalue weighted by Gasteiger charge is -2.44. The van der Waals surface area contributed by atoms with Crippen LogP contribution in [0.15, 0.2) is 9.98 Å². The zero-order valence-electron chi connectivity index (χ0n) is 21.0. The number of unbranched alkanes of at least 4 members (excludes halogenated alkanes) is 1. The molecule has 0 unspecified atom stereocenters. The Morgan fingerprint density at radius 2 is 1.34 bits per heavy atom. The van der Waals surface area contributed by atoms with Gasteiger partial charge in [-0.25, -0.2) is 0 Å². The van der Waals surface area contributed by atoms with Crippen molar-refractivity contribution in [2.75, 3.05) is 67.0 Å². The highest BCUT2D eigenvalue weighted by molar-refractivity contribution is 5.97.